The summed E-state index contributed by atoms with van der Waals surface area (Å²) in [7, 11) is 1.87. The average molecular weight is 404 g/mol. The molecule has 1 saturated heterocycles. The number of hydrogen-bond acceptors (Lipinski definition) is 8. The molecule has 0 unspecified atom stereocenters. The van der Waals surface area contributed by atoms with E-state index in [1.807, 2.05) is 26.1 Å². The van der Waals surface area contributed by atoms with Crippen LogP contribution in [0.3, 0.4) is 0 Å². The maximum atomic E-state index is 11.4. The van der Waals surface area contributed by atoms with Gasteiger partial charge in [0, 0.05) is 56.1 Å². The number of rotatable bonds is 3. The number of benzene rings is 1. The molecule has 30 heavy (non-hydrogen) atoms. The van der Waals surface area contributed by atoms with Gasteiger partial charge in [-0.3, -0.25) is 14.8 Å². The van der Waals surface area contributed by atoms with Crippen LogP contribution in [0.5, 0.6) is 0 Å². The monoisotopic (exact) mass is 404 g/mol. The van der Waals surface area contributed by atoms with Crippen LogP contribution in [-0.4, -0.2) is 55.8 Å². The molecule has 3 aromatic heterocycles. The number of pyridine rings is 1. The smallest absolute Gasteiger partial charge is 0.295 e. The molecule has 0 amide bonds. The number of para-hydroxylation sites is 1. The predicted octanol–water partition coefficient (Wildman–Crippen LogP) is 2.45. The van der Waals surface area contributed by atoms with Gasteiger partial charge >= 0.3 is 0 Å². The van der Waals surface area contributed by atoms with Crippen LogP contribution in [0.15, 0.2) is 36.8 Å². The third-order valence-electron chi connectivity index (χ3n) is 5.55. The van der Waals surface area contributed by atoms with E-state index in [1.54, 1.807) is 23.3 Å². The lowest BCUT2D eigenvalue weighted by Crippen LogP contribution is -2.47. The summed E-state index contributed by atoms with van der Waals surface area (Å²) in [5.74, 6) is 0.888. The van der Waals surface area contributed by atoms with Crippen LogP contribution < -0.4 is 9.80 Å². The second kappa shape index (κ2) is 6.90. The Kier molecular flexibility index (Phi) is 4.19. The molecule has 152 valence electrons. The fraction of sp³-hybridized carbons (Fsp3) is 0.300. The number of piperazine rings is 1. The van der Waals surface area contributed by atoms with Gasteiger partial charge in [-0.2, -0.15) is 5.10 Å². The number of anilines is 2. The molecule has 1 aliphatic rings. The number of nitrogens with zero attached hydrogens (tertiary/aromatic N) is 8. The second-order valence-electron chi connectivity index (χ2n) is 7.39. The molecule has 0 saturated carbocycles. The van der Waals surface area contributed by atoms with Crippen LogP contribution in [0.2, 0.25) is 0 Å². The fourth-order valence-electron chi connectivity index (χ4n) is 4.11. The molecule has 1 aliphatic heterocycles. The second-order valence-corrected chi connectivity index (χ2v) is 7.39. The number of nitro benzene ring substituents is 1. The van der Waals surface area contributed by atoms with Crippen molar-refractivity contribution in [3.8, 4) is 0 Å². The summed E-state index contributed by atoms with van der Waals surface area (Å²) in [6.07, 6.45) is 3.38. The van der Waals surface area contributed by atoms with Crippen molar-refractivity contribution >= 4 is 39.1 Å². The van der Waals surface area contributed by atoms with E-state index in [1.165, 1.54) is 6.07 Å². The van der Waals surface area contributed by atoms with Gasteiger partial charge in [-0.25, -0.2) is 15.0 Å². The summed E-state index contributed by atoms with van der Waals surface area (Å²) in [4.78, 5) is 28.8. The van der Waals surface area contributed by atoms with Crippen molar-refractivity contribution in [2.75, 3.05) is 36.0 Å². The Hall–Kier alpha value is -3.82. The first kappa shape index (κ1) is 18.2. The van der Waals surface area contributed by atoms with Gasteiger partial charge in [0.2, 0.25) is 0 Å². The van der Waals surface area contributed by atoms with Crippen molar-refractivity contribution < 1.29 is 4.92 Å². The molecular weight excluding hydrogens is 384 g/mol. The summed E-state index contributed by atoms with van der Waals surface area (Å²) in [6.45, 7) is 4.97. The van der Waals surface area contributed by atoms with Crippen LogP contribution in [0, 0.1) is 17.0 Å². The first-order valence-corrected chi connectivity index (χ1v) is 9.70. The van der Waals surface area contributed by atoms with Crippen LogP contribution in [0.1, 0.15) is 5.69 Å². The highest BCUT2D eigenvalue weighted by Crippen LogP contribution is 2.33. The van der Waals surface area contributed by atoms with Gasteiger partial charge < -0.3 is 9.80 Å². The molecule has 0 spiro atoms. The van der Waals surface area contributed by atoms with Crippen molar-refractivity contribution in [2.24, 2.45) is 7.05 Å². The van der Waals surface area contributed by atoms with Crippen LogP contribution in [0.25, 0.3) is 21.9 Å². The van der Waals surface area contributed by atoms with Crippen molar-refractivity contribution in [2.45, 2.75) is 6.92 Å². The third-order valence-corrected chi connectivity index (χ3v) is 5.55. The number of fused-ring (bicyclic) bond motifs is 2. The Bertz CT molecular complexity index is 1280. The number of nitro groups is 1. The van der Waals surface area contributed by atoms with Crippen LogP contribution >= 0.6 is 0 Å². The van der Waals surface area contributed by atoms with Gasteiger partial charge in [0.15, 0.2) is 11.2 Å². The van der Waals surface area contributed by atoms with E-state index in [9.17, 15) is 10.1 Å². The number of hydrogen-bond donors (Lipinski definition) is 0. The molecule has 4 heterocycles. The van der Waals surface area contributed by atoms with Gasteiger partial charge in [-0.1, -0.05) is 12.1 Å². The van der Waals surface area contributed by atoms with E-state index in [0.29, 0.717) is 5.52 Å². The van der Waals surface area contributed by atoms with Crippen LogP contribution in [-0.2, 0) is 7.05 Å². The summed E-state index contributed by atoms with van der Waals surface area (Å²) in [5, 5.41) is 17.5. The summed E-state index contributed by atoms with van der Waals surface area (Å²) in [6, 6.07) is 7.13. The molecule has 10 heteroatoms. The lowest BCUT2D eigenvalue weighted by atomic mass is 10.1. The topological polar surface area (TPSA) is 106 Å². The number of non-ortho nitro benzene ring substituents is 1. The Morgan fingerprint density at radius 2 is 1.83 bits per heavy atom. The van der Waals surface area contributed by atoms with Gasteiger partial charge in [0.05, 0.1) is 16.5 Å². The van der Waals surface area contributed by atoms with Crippen molar-refractivity contribution in [1.82, 2.24) is 24.7 Å². The zero-order valence-electron chi connectivity index (χ0n) is 16.7. The molecule has 0 atom stereocenters. The average Bonchev–Trinajstić information content (AvgIpc) is 3.14. The summed E-state index contributed by atoms with van der Waals surface area (Å²) < 4.78 is 1.75. The summed E-state index contributed by atoms with van der Waals surface area (Å²) in [5.41, 5.74) is 3.03. The molecular formula is C20H20N8O2. The molecule has 0 aliphatic carbocycles. The Labute approximate surface area is 171 Å². The van der Waals surface area contributed by atoms with E-state index < -0.39 is 0 Å². The zero-order chi connectivity index (χ0) is 20.8. The highest BCUT2D eigenvalue weighted by molar-refractivity contribution is 5.97. The Balaban J connectivity index is 1.46. The lowest BCUT2D eigenvalue weighted by Gasteiger charge is -2.37. The molecule has 0 radical (unpaired) electrons. The lowest BCUT2D eigenvalue weighted by molar-refractivity contribution is -0.383. The molecule has 1 aromatic carbocycles. The van der Waals surface area contributed by atoms with E-state index >= 15 is 0 Å². The highest BCUT2D eigenvalue weighted by atomic mass is 16.6. The predicted molar refractivity (Wildman–Crippen MR) is 114 cm³/mol. The first-order valence-electron chi connectivity index (χ1n) is 9.70. The highest BCUT2D eigenvalue weighted by Gasteiger charge is 2.24. The van der Waals surface area contributed by atoms with E-state index in [4.69, 9.17) is 0 Å². The maximum Gasteiger partial charge on any atom is 0.295 e. The molecule has 1 fully saturated rings. The van der Waals surface area contributed by atoms with Crippen molar-refractivity contribution in [3.05, 3.63) is 52.6 Å². The largest absolute Gasteiger partial charge is 0.367 e. The maximum absolute atomic E-state index is 11.4. The minimum atomic E-state index is -0.370. The summed E-state index contributed by atoms with van der Waals surface area (Å²) >= 11 is 0. The Morgan fingerprint density at radius 1 is 1.07 bits per heavy atom. The number of aromatic nitrogens is 5. The fourth-order valence-corrected chi connectivity index (χ4v) is 4.11. The molecule has 5 rings (SSSR count). The molecule has 0 bridgehead atoms. The van der Waals surface area contributed by atoms with Gasteiger partial charge in [0.25, 0.3) is 5.69 Å². The van der Waals surface area contributed by atoms with Crippen LogP contribution in [0.4, 0.5) is 17.2 Å². The van der Waals surface area contributed by atoms with E-state index in [-0.39, 0.29) is 10.6 Å². The number of aryl methyl sites for hydroxylation is 2. The Morgan fingerprint density at radius 3 is 2.60 bits per heavy atom. The molecule has 4 aromatic rings. The zero-order valence-corrected chi connectivity index (χ0v) is 16.7. The SMILES string of the molecule is Cc1cc(N2CCN(c3ncnc4c3cnn4C)CC2)c2cccc([N+](=O)[O-])c2n1. The van der Waals surface area contributed by atoms with E-state index in [0.717, 1.165) is 59.8 Å². The van der Waals surface area contributed by atoms with Gasteiger partial charge in [-0.05, 0) is 13.0 Å². The van der Waals surface area contributed by atoms with Gasteiger partial charge in [0.1, 0.15) is 12.1 Å². The van der Waals surface area contributed by atoms with E-state index in [2.05, 4.69) is 29.9 Å². The molecule has 10 nitrogen and oxygen atoms in total. The third kappa shape index (κ3) is 2.88. The molecule has 0 N–H and O–H groups in total. The van der Waals surface area contributed by atoms with Crippen molar-refractivity contribution in [1.29, 1.82) is 0 Å². The van der Waals surface area contributed by atoms with Gasteiger partial charge in [-0.15, -0.1) is 0 Å². The standard InChI is InChI=1S/C20H20N8O2/c1-13-10-17(14-4-3-5-16(28(29)30)18(14)24-13)26-6-8-27(9-7-26)20-15-11-23-25(2)19(15)21-12-22-20/h3-5,10-12H,6-9H2,1-2H3. The minimum Gasteiger partial charge on any atom is -0.367 e. The first-order chi connectivity index (χ1) is 14.5. The quantitative estimate of drug-likeness (QED) is 0.379. The normalized spacial score (nSPS) is 14.6. The van der Waals surface area contributed by atoms with Crippen molar-refractivity contribution in [3.63, 3.8) is 0 Å². The minimum absolute atomic E-state index is 0.0380.